The number of furan rings is 1. The molecule has 2 nitrogen and oxygen atoms in total. The number of hydrogen-bond donors (Lipinski definition) is 0. The summed E-state index contributed by atoms with van der Waals surface area (Å²) in [6.45, 7) is 0. The Balaban J connectivity index is 2.64. The summed E-state index contributed by atoms with van der Waals surface area (Å²) < 4.78 is 43.1. The first-order valence-electron chi connectivity index (χ1n) is 4.73. The number of hydrogen-bond acceptors (Lipinski definition) is 2. The fourth-order valence-electron chi connectivity index (χ4n) is 1.60. The predicted molar refractivity (Wildman–Crippen MR) is 54.5 cm³/mol. The van der Waals surface area contributed by atoms with Gasteiger partial charge in [0.05, 0.1) is 11.8 Å². The van der Waals surface area contributed by atoms with Gasteiger partial charge in [0.15, 0.2) is 12.0 Å². The predicted octanol–water partition coefficient (Wildman–Crippen LogP) is 3.78. The molecule has 0 fully saturated rings. The molecule has 0 aliphatic heterocycles. The van der Waals surface area contributed by atoms with Crippen LogP contribution in [0.2, 0.25) is 0 Å². The summed E-state index contributed by atoms with van der Waals surface area (Å²) in [6.07, 6.45) is -2.89. The molecule has 0 saturated carbocycles. The average molecular weight is 240 g/mol. The summed E-state index contributed by atoms with van der Waals surface area (Å²) in [5.74, 6) is -0.110. The topological polar surface area (TPSA) is 30.2 Å². The van der Waals surface area contributed by atoms with Crippen LogP contribution in [0.3, 0.4) is 0 Å². The average Bonchev–Trinajstić information content (AvgIpc) is 2.75. The van der Waals surface area contributed by atoms with E-state index < -0.39 is 11.7 Å². The van der Waals surface area contributed by atoms with E-state index in [1.807, 2.05) is 0 Å². The molecule has 1 aromatic carbocycles. The Morgan fingerprint density at radius 3 is 2.41 bits per heavy atom. The quantitative estimate of drug-likeness (QED) is 0.748. The standard InChI is InChI=1S/C12H7F3O2/c13-12(14,15)10-4-2-1-3-8(10)9-5-6-17-11(9)7-16/h1-7H. The van der Waals surface area contributed by atoms with Gasteiger partial charge < -0.3 is 4.42 Å². The molecule has 17 heavy (non-hydrogen) atoms. The van der Waals surface area contributed by atoms with Crippen molar-refractivity contribution in [2.45, 2.75) is 6.18 Å². The molecule has 0 atom stereocenters. The molecule has 0 radical (unpaired) electrons. The van der Waals surface area contributed by atoms with Gasteiger partial charge in [0.2, 0.25) is 0 Å². The van der Waals surface area contributed by atoms with Crippen LogP contribution in [0.5, 0.6) is 0 Å². The first-order valence-corrected chi connectivity index (χ1v) is 4.73. The molecule has 0 aliphatic rings. The number of alkyl halides is 3. The van der Waals surface area contributed by atoms with Crippen molar-refractivity contribution in [2.75, 3.05) is 0 Å². The van der Waals surface area contributed by atoms with Gasteiger partial charge in [-0.1, -0.05) is 18.2 Å². The molecule has 5 heteroatoms. The number of rotatable bonds is 2. The van der Waals surface area contributed by atoms with Gasteiger partial charge >= 0.3 is 6.18 Å². The third-order valence-corrected chi connectivity index (χ3v) is 2.32. The first kappa shape index (κ1) is 11.4. The Morgan fingerprint density at radius 1 is 1.06 bits per heavy atom. The smallest absolute Gasteiger partial charge is 0.417 e. The van der Waals surface area contributed by atoms with Crippen molar-refractivity contribution in [3.8, 4) is 11.1 Å². The second kappa shape index (κ2) is 4.08. The SMILES string of the molecule is O=Cc1occc1-c1ccccc1C(F)(F)F. The van der Waals surface area contributed by atoms with E-state index in [9.17, 15) is 18.0 Å². The second-order valence-electron chi connectivity index (χ2n) is 3.36. The van der Waals surface area contributed by atoms with Gasteiger partial charge in [0.1, 0.15) is 0 Å². The first-order chi connectivity index (χ1) is 8.04. The van der Waals surface area contributed by atoms with E-state index in [2.05, 4.69) is 0 Å². The third kappa shape index (κ3) is 2.08. The fraction of sp³-hybridized carbons (Fsp3) is 0.0833. The summed E-state index contributed by atoms with van der Waals surface area (Å²) in [7, 11) is 0. The second-order valence-corrected chi connectivity index (χ2v) is 3.36. The van der Waals surface area contributed by atoms with Gasteiger partial charge in [0, 0.05) is 5.56 Å². The summed E-state index contributed by atoms with van der Waals surface area (Å²) in [5, 5.41) is 0. The molecule has 88 valence electrons. The van der Waals surface area contributed by atoms with E-state index in [-0.39, 0.29) is 16.9 Å². The number of carbonyl (C=O) groups excluding carboxylic acids is 1. The molecule has 0 saturated heterocycles. The number of halogens is 3. The van der Waals surface area contributed by atoms with Crippen molar-refractivity contribution in [3.05, 3.63) is 47.9 Å². The van der Waals surface area contributed by atoms with Crippen molar-refractivity contribution < 1.29 is 22.4 Å². The Bertz CT molecular complexity index is 541. The zero-order valence-electron chi connectivity index (χ0n) is 8.49. The molecular weight excluding hydrogens is 233 g/mol. The number of aldehydes is 1. The van der Waals surface area contributed by atoms with Crippen molar-refractivity contribution in [1.82, 2.24) is 0 Å². The molecule has 2 rings (SSSR count). The largest absolute Gasteiger partial charge is 0.461 e. The minimum absolute atomic E-state index is 0.0594. The van der Waals surface area contributed by atoms with E-state index >= 15 is 0 Å². The molecule has 0 aliphatic carbocycles. The van der Waals surface area contributed by atoms with Gasteiger partial charge in [-0.25, -0.2) is 0 Å². The fourth-order valence-corrected chi connectivity index (χ4v) is 1.60. The number of benzene rings is 1. The highest BCUT2D eigenvalue weighted by Gasteiger charge is 2.34. The normalized spacial score (nSPS) is 11.5. The van der Waals surface area contributed by atoms with Gasteiger partial charge in [0.25, 0.3) is 0 Å². The van der Waals surface area contributed by atoms with Crippen LogP contribution in [0.25, 0.3) is 11.1 Å². The molecule has 2 aromatic rings. The zero-order valence-corrected chi connectivity index (χ0v) is 8.49. The third-order valence-electron chi connectivity index (χ3n) is 2.32. The van der Waals surface area contributed by atoms with Gasteiger partial charge in [-0.2, -0.15) is 13.2 Å². The van der Waals surface area contributed by atoms with Crippen LogP contribution in [0, 0.1) is 0 Å². The minimum atomic E-state index is -4.46. The zero-order chi connectivity index (χ0) is 12.5. The van der Waals surface area contributed by atoms with Gasteiger partial charge in [-0.3, -0.25) is 4.79 Å². The van der Waals surface area contributed by atoms with E-state index in [1.165, 1.54) is 30.5 Å². The Hall–Kier alpha value is -2.04. The van der Waals surface area contributed by atoms with Crippen molar-refractivity contribution in [1.29, 1.82) is 0 Å². The summed E-state index contributed by atoms with van der Waals surface area (Å²) in [6, 6.07) is 6.39. The van der Waals surface area contributed by atoms with Gasteiger partial charge in [-0.15, -0.1) is 0 Å². The van der Waals surface area contributed by atoms with Crippen LogP contribution in [0.15, 0.2) is 41.0 Å². The van der Waals surface area contributed by atoms with Gasteiger partial charge in [-0.05, 0) is 17.7 Å². The van der Waals surface area contributed by atoms with Crippen molar-refractivity contribution in [2.24, 2.45) is 0 Å². The monoisotopic (exact) mass is 240 g/mol. The Morgan fingerprint density at radius 2 is 1.76 bits per heavy atom. The Labute approximate surface area is 94.7 Å². The molecular formula is C12H7F3O2. The maximum absolute atomic E-state index is 12.8. The maximum atomic E-state index is 12.8. The highest BCUT2D eigenvalue weighted by Crippen LogP contribution is 2.37. The molecule has 0 N–H and O–H groups in total. The lowest BCUT2D eigenvalue weighted by Gasteiger charge is -2.11. The minimum Gasteiger partial charge on any atom is -0.461 e. The van der Waals surface area contributed by atoms with Crippen molar-refractivity contribution in [3.63, 3.8) is 0 Å². The lowest BCUT2D eigenvalue weighted by Crippen LogP contribution is -2.07. The van der Waals surface area contributed by atoms with Crippen LogP contribution < -0.4 is 0 Å². The Kier molecular flexibility index (Phi) is 2.75. The summed E-state index contributed by atoms with van der Waals surface area (Å²) >= 11 is 0. The van der Waals surface area contributed by atoms with E-state index in [0.717, 1.165) is 6.07 Å². The highest BCUT2D eigenvalue weighted by atomic mass is 19.4. The molecule has 1 heterocycles. The summed E-state index contributed by atoms with van der Waals surface area (Å²) in [4.78, 5) is 10.6. The number of carbonyl (C=O) groups is 1. The van der Waals surface area contributed by atoms with E-state index in [1.54, 1.807) is 0 Å². The van der Waals surface area contributed by atoms with E-state index in [4.69, 9.17) is 4.42 Å². The van der Waals surface area contributed by atoms with Crippen molar-refractivity contribution >= 4 is 6.29 Å². The lowest BCUT2D eigenvalue weighted by atomic mass is 10.00. The molecule has 0 amide bonds. The molecule has 0 bridgehead atoms. The lowest BCUT2D eigenvalue weighted by molar-refractivity contribution is -0.137. The van der Waals surface area contributed by atoms with Crippen LogP contribution in [-0.2, 0) is 6.18 Å². The maximum Gasteiger partial charge on any atom is 0.417 e. The van der Waals surface area contributed by atoms with Crippen LogP contribution >= 0.6 is 0 Å². The highest BCUT2D eigenvalue weighted by molar-refractivity contribution is 5.85. The summed E-state index contributed by atoms with van der Waals surface area (Å²) in [5.41, 5.74) is -0.701. The van der Waals surface area contributed by atoms with Crippen LogP contribution in [-0.4, -0.2) is 6.29 Å². The molecule has 0 spiro atoms. The van der Waals surface area contributed by atoms with E-state index in [0.29, 0.717) is 6.29 Å². The molecule has 0 unspecified atom stereocenters. The van der Waals surface area contributed by atoms with Crippen LogP contribution in [0.4, 0.5) is 13.2 Å². The van der Waals surface area contributed by atoms with Crippen LogP contribution in [0.1, 0.15) is 16.1 Å². The molecule has 1 aromatic heterocycles.